The van der Waals surface area contributed by atoms with Crippen LogP contribution >= 0.6 is 0 Å². The van der Waals surface area contributed by atoms with Crippen molar-refractivity contribution >= 4 is 5.97 Å². The summed E-state index contributed by atoms with van der Waals surface area (Å²) in [4.78, 5) is 12.0. The van der Waals surface area contributed by atoms with Gasteiger partial charge in [0.1, 0.15) is 24.1 Å². The van der Waals surface area contributed by atoms with Gasteiger partial charge >= 0.3 is 11.8 Å². The molecule has 0 spiro atoms. The topological polar surface area (TPSA) is 227 Å². The molecule has 2 rings (SSSR count). The monoisotopic (exact) mass is 450 g/mol. The second kappa shape index (κ2) is 10.8. The molecule has 2 heterocycles. The molecule has 0 saturated carbocycles. The van der Waals surface area contributed by atoms with Crippen LogP contribution in [0, 0.1) is 0 Å². The molecule has 2 fully saturated rings. The first-order chi connectivity index (χ1) is 14.6. The Labute approximate surface area is 178 Å². The molecule has 13 nitrogen and oxygen atoms in total. The van der Waals surface area contributed by atoms with Gasteiger partial charge in [-0.2, -0.15) is 0 Å². The number of carbonyl (C=O) groups is 1. The van der Waals surface area contributed by atoms with Gasteiger partial charge in [0.25, 0.3) is 0 Å². The number of hydrogen-bond acceptors (Lipinski definition) is 12. The van der Waals surface area contributed by atoms with Crippen LogP contribution in [0.3, 0.4) is 0 Å². The van der Waals surface area contributed by atoms with Crippen molar-refractivity contribution in [1.29, 1.82) is 0 Å². The highest BCUT2D eigenvalue weighted by Crippen LogP contribution is 2.34. The summed E-state index contributed by atoms with van der Waals surface area (Å²) < 4.78 is 21.6. The van der Waals surface area contributed by atoms with E-state index in [-0.39, 0.29) is 12.4 Å². The number of aliphatic carboxylic acids is 1. The summed E-state index contributed by atoms with van der Waals surface area (Å²) in [7, 11) is 0. The molecular weight excluding hydrogens is 420 g/mol. The predicted molar refractivity (Wildman–Crippen MR) is 102 cm³/mol. The molecule has 9 atom stereocenters. The van der Waals surface area contributed by atoms with Crippen molar-refractivity contribution in [3.8, 4) is 0 Å². The molecule has 178 valence electrons. The van der Waals surface area contributed by atoms with Gasteiger partial charge in [0, 0.05) is 0 Å². The number of aliphatic hydroxyl groups excluding tert-OH is 5. The van der Waals surface area contributed by atoms with Crippen molar-refractivity contribution in [2.24, 2.45) is 11.5 Å². The molecule has 0 bridgehead atoms. The van der Waals surface area contributed by atoms with Crippen LogP contribution in [0.15, 0.2) is 24.5 Å². The number of ether oxygens (including phenoxy) is 4. The normalized spacial score (nSPS) is 40.9. The standard InChI is InChI=1S/C18H30N2O11/c1-2-3-28-16-13(20)15(25)14(24)11(30-16)7-29-18(17(26)27)5-9(23)12(19)10(31-18)4-8(22)6-21/h2,4,8-9,11-16,21-25H,1,3,5-7,19-20H2,(H,26,27)/b10-4-/t8-,9+,11?,12+,13?,14-,15+,16-,18+/m0/s1. The Balaban J connectivity index is 2.19. The Bertz CT molecular complexity index is 662. The van der Waals surface area contributed by atoms with Crippen LogP contribution in [0.25, 0.3) is 0 Å². The van der Waals surface area contributed by atoms with Crippen LogP contribution in [-0.2, 0) is 23.7 Å². The minimum absolute atomic E-state index is 0.0440. The fourth-order valence-electron chi connectivity index (χ4n) is 3.18. The number of rotatable bonds is 9. The third-order valence-corrected chi connectivity index (χ3v) is 4.98. The summed E-state index contributed by atoms with van der Waals surface area (Å²) in [5.41, 5.74) is 11.6. The van der Waals surface area contributed by atoms with Gasteiger partial charge in [-0.1, -0.05) is 6.08 Å². The fraction of sp³-hybridized carbons (Fsp3) is 0.722. The van der Waals surface area contributed by atoms with Crippen molar-refractivity contribution in [1.82, 2.24) is 0 Å². The van der Waals surface area contributed by atoms with E-state index >= 15 is 0 Å². The Morgan fingerprint density at radius 1 is 1.32 bits per heavy atom. The molecule has 2 unspecified atom stereocenters. The maximum absolute atomic E-state index is 12.0. The molecule has 2 aliphatic rings. The van der Waals surface area contributed by atoms with E-state index in [2.05, 4.69) is 6.58 Å². The minimum atomic E-state index is -2.44. The summed E-state index contributed by atoms with van der Waals surface area (Å²) in [5.74, 6) is -4.37. The Morgan fingerprint density at radius 3 is 2.58 bits per heavy atom. The van der Waals surface area contributed by atoms with Crippen molar-refractivity contribution < 1.29 is 54.4 Å². The Kier molecular flexibility index (Phi) is 8.91. The first-order valence-corrected chi connectivity index (χ1v) is 9.56. The maximum atomic E-state index is 12.0. The van der Waals surface area contributed by atoms with E-state index in [1.54, 1.807) is 0 Å². The zero-order valence-corrected chi connectivity index (χ0v) is 16.7. The quantitative estimate of drug-likeness (QED) is 0.157. The van der Waals surface area contributed by atoms with E-state index < -0.39 is 80.3 Å². The van der Waals surface area contributed by atoms with Gasteiger partial charge in [-0.25, -0.2) is 4.79 Å². The lowest BCUT2D eigenvalue weighted by Gasteiger charge is -2.43. The fourth-order valence-corrected chi connectivity index (χ4v) is 3.18. The molecule has 0 aromatic rings. The van der Waals surface area contributed by atoms with Gasteiger partial charge < -0.3 is 61.1 Å². The highest BCUT2D eigenvalue weighted by molar-refractivity contribution is 5.76. The van der Waals surface area contributed by atoms with E-state index in [4.69, 9.17) is 35.5 Å². The summed E-state index contributed by atoms with van der Waals surface area (Å²) in [5, 5.41) is 58.9. The van der Waals surface area contributed by atoms with Gasteiger partial charge in [0.2, 0.25) is 0 Å². The first kappa shape index (κ1) is 25.6. The van der Waals surface area contributed by atoms with Crippen LogP contribution in [0.4, 0.5) is 0 Å². The van der Waals surface area contributed by atoms with Gasteiger partial charge in [-0.15, -0.1) is 6.58 Å². The van der Waals surface area contributed by atoms with Crippen molar-refractivity contribution in [2.75, 3.05) is 19.8 Å². The van der Waals surface area contributed by atoms with Gasteiger partial charge in [-0.3, -0.25) is 0 Å². The lowest BCUT2D eigenvalue weighted by Crippen LogP contribution is -2.64. The van der Waals surface area contributed by atoms with Crippen LogP contribution in [-0.4, -0.2) is 111 Å². The largest absolute Gasteiger partial charge is 0.476 e. The SMILES string of the molecule is C=CCO[C@H]1OC(CO[C@]2(C(=O)O)C[C@@H](O)[C@@H](N)/C(=C/[C@H](O)CO)O2)[C@H](O)[C@H](O)C1N. The molecule has 13 heteroatoms. The van der Waals surface area contributed by atoms with Crippen LogP contribution < -0.4 is 11.5 Å². The summed E-state index contributed by atoms with van der Waals surface area (Å²) in [6.45, 7) is 2.24. The number of carboxylic acids is 1. The molecule has 0 aliphatic carbocycles. The van der Waals surface area contributed by atoms with Crippen molar-refractivity contribution in [3.63, 3.8) is 0 Å². The van der Waals surface area contributed by atoms with E-state index in [9.17, 15) is 30.3 Å². The van der Waals surface area contributed by atoms with E-state index in [1.807, 2.05) is 0 Å². The van der Waals surface area contributed by atoms with Crippen LogP contribution in [0.1, 0.15) is 6.42 Å². The van der Waals surface area contributed by atoms with Crippen LogP contribution in [0.2, 0.25) is 0 Å². The molecule has 0 aromatic carbocycles. The molecule has 10 N–H and O–H groups in total. The number of nitrogens with two attached hydrogens (primary N) is 2. The van der Waals surface area contributed by atoms with Gasteiger partial charge in [-0.05, 0) is 6.08 Å². The molecule has 2 saturated heterocycles. The first-order valence-electron chi connectivity index (χ1n) is 9.56. The number of aliphatic hydroxyl groups is 5. The smallest absolute Gasteiger partial charge is 0.377 e. The van der Waals surface area contributed by atoms with Crippen molar-refractivity contribution in [2.45, 2.75) is 61.1 Å². The zero-order chi connectivity index (χ0) is 23.3. The molecule has 0 amide bonds. The van der Waals surface area contributed by atoms with E-state index in [1.165, 1.54) is 6.08 Å². The molecule has 31 heavy (non-hydrogen) atoms. The van der Waals surface area contributed by atoms with Gasteiger partial charge in [0.05, 0.1) is 50.5 Å². The molecule has 0 aromatic heterocycles. The average molecular weight is 450 g/mol. The third-order valence-electron chi connectivity index (χ3n) is 4.98. The van der Waals surface area contributed by atoms with E-state index in [0.29, 0.717) is 0 Å². The summed E-state index contributed by atoms with van der Waals surface area (Å²) in [6.07, 6.45) is -6.43. The second-order valence-corrected chi connectivity index (χ2v) is 7.31. The van der Waals surface area contributed by atoms with Gasteiger partial charge in [0.15, 0.2) is 6.29 Å². The lowest BCUT2D eigenvalue weighted by atomic mass is 9.95. The summed E-state index contributed by atoms with van der Waals surface area (Å²) >= 11 is 0. The second-order valence-electron chi connectivity index (χ2n) is 7.31. The molecule has 2 aliphatic heterocycles. The van der Waals surface area contributed by atoms with Crippen LogP contribution in [0.5, 0.6) is 0 Å². The highest BCUT2D eigenvalue weighted by atomic mass is 16.7. The highest BCUT2D eigenvalue weighted by Gasteiger charge is 2.53. The summed E-state index contributed by atoms with van der Waals surface area (Å²) in [6, 6.07) is -2.26. The molecule has 0 radical (unpaired) electrons. The molecular formula is C18H30N2O11. The number of carboxylic acid groups (broad SMARTS) is 1. The predicted octanol–water partition coefficient (Wildman–Crippen LogP) is -3.89. The lowest BCUT2D eigenvalue weighted by molar-refractivity contribution is -0.297. The third kappa shape index (κ3) is 5.78. The maximum Gasteiger partial charge on any atom is 0.377 e. The average Bonchev–Trinajstić information content (AvgIpc) is 2.73. The van der Waals surface area contributed by atoms with E-state index in [0.717, 1.165) is 6.08 Å². The Morgan fingerprint density at radius 2 is 2.00 bits per heavy atom. The number of hydrogen-bond donors (Lipinski definition) is 8. The van der Waals surface area contributed by atoms with Crippen molar-refractivity contribution in [3.05, 3.63) is 24.5 Å². The minimum Gasteiger partial charge on any atom is -0.476 e. The Hall–Kier alpha value is -1.65. The zero-order valence-electron chi connectivity index (χ0n) is 16.7.